The summed E-state index contributed by atoms with van der Waals surface area (Å²) in [6.07, 6.45) is 1.19. The van der Waals surface area contributed by atoms with Crippen molar-refractivity contribution in [2.75, 3.05) is 53.6 Å². The second-order valence-electron chi connectivity index (χ2n) is 5.10. The van der Waals surface area contributed by atoms with Crippen molar-refractivity contribution in [1.82, 2.24) is 10.2 Å². The molecule has 0 aromatic heterocycles. The SMILES string of the molecule is CCCNCC(C)CN(CCOC)C(C)COC. The molecule has 0 aromatic carbocycles. The van der Waals surface area contributed by atoms with Crippen LogP contribution in [-0.2, 0) is 9.47 Å². The first-order valence-electron chi connectivity index (χ1n) is 7.08. The summed E-state index contributed by atoms with van der Waals surface area (Å²) < 4.78 is 10.4. The van der Waals surface area contributed by atoms with Gasteiger partial charge in [0.25, 0.3) is 0 Å². The highest BCUT2D eigenvalue weighted by Crippen LogP contribution is 2.05. The van der Waals surface area contributed by atoms with Crippen molar-refractivity contribution in [3.63, 3.8) is 0 Å². The van der Waals surface area contributed by atoms with Gasteiger partial charge in [-0.3, -0.25) is 4.90 Å². The van der Waals surface area contributed by atoms with Crippen LogP contribution in [0.3, 0.4) is 0 Å². The summed E-state index contributed by atoms with van der Waals surface area (Å²) in [6.45, 7) is 12.5. The summed E-state index contributed by atoms with van der Waals surface area (Å²) in [7, 11) is 3.52. The zero-order valence-corrected chi connectivity index (χ0v) is 12.9. The lowest BCUT2D eigenvalue weighted by molar-refractivity contribution is 0.0664. The predicted molar refractivity (Wildman–Crippen MR) is 77.1 cm³/mol. The van der Waals surface area contributed by atoms with E-state index in [1.807, 2.05) is 0 Å². The highest BCUT2D eigenvalue weighted by Gasteiger charge is 2.16. The van der Waals surface area contributed by atoms with E-state index in [1.165, 1.54) is 6.42 Å². The van der Waals surface area contributed by atoms with Gasteiger partial charge in [0.15, 0.2) is 0 Å². The monoisotopic (exact) mass is 260 g/mol. The summed E-state index contributed by atoms with van der Waals surface area (Å²) in [5.41, 5.74) is 0. The molecule has 0 amide bonds. The molecule has 0 bridgehead atoms. The third-order valence-corrected chi connectivity index (χ3v) is 3.08. The Labute approximate surface area is 113 Å². The van der Waals surface area contributed by atoms with E-state index in [0.29, 0.717) is 12.0 Å². The summed E-state index contributed by atoms with van der Waals surface area (Å²) in [6, 6.07) is 0.443. The van der Waals surface area contributed by atoms with Gasteiger partial charge in [-0.05, 0) is 32.4 Å². The van der Waals surface area contributed by atoms with Gasteiger partial charge in [-0.25, -0.2) is 0 Å². The van der Waals surface area contributed by atoms with Crippen molar-refractivity contribution in [3.05, 3.63) is 0 Å². The highest BCUT2D eigenvalue weighted by molar-refractivity contribution is 4.70. The van der Waals surface area contributed by atoms with Crippen molar-refractivity contribution in [2.45, 2.75) is 33.2 Å². The molecule has 0 saturated heterocycles. The van der Waals surface area contributed by atoms with Crippen LogP contribution in [-0.4, -0.2) is 64.6 Å². The Bertz CT molecular complexity index is 179. The number of methoxy groups -OCH3 is 2. The van der Waals surface area contributed by atoms with Gasteiger partial charge in [0, 0.05) is 33.4 Å². The molecule has 0 fully saturated rings. The Morgan fingerprint density at radius 3 is 2.44 bits per heavy atom. The third-order valence-electron chi connectivity index (χ3n) is 3.08. The fourth-order valence-corrected chi connectivity index (χ4v) is 2.04. The Kier molecular flexibility index (Phi) is 11.8. The van der Waals surface area contributed by atoms with Gasteiger partial charge in [0.2, 0.25) is 0 Å². The average molecular weight is 260 g/mol. The van der Waals surface area contributed by atoms with E-state index in [9.17, 15) is 0 Å². The maximum absolute atomic E-state index is 5.25. The van der Waals surface area contributed by atoms with Gasteiger partial charge in [0.05, 0.1) is 13.2 Å². The normalized spacial score (nSPS) is 15.0. The van der Waals surface area contributed by atoms with Gasteiger partial charge in [-0.1, -0.05) is 13.8 Å². The quantitative estimate of drug-likeness (QED) is 0.541. The van der Waals surface area contributed by atoms with E-state index in [2.05, 4.69) is 31.0 Å². The minimum Gasteiger partial charge on any atom is -0.383 e. The van der Waals surface area contributed by atoms with Crippen LogP contribution in [0.5, 0.6) is 0 Å². The molecule has 4 nitrogen and oxygen atoms in total. The number of hydrogen-bond acceptors (Lipinski definition) is 4. The van der Waals surface area contributed by atoms with E-state index in [0.717, 1.165) is 39.4 Å². The second kappa shape index (κ2) is 11.9. The molecule has 110 valence electrons. The molecule has 4 heteroatoms. The maximum Gasteiger partial charge on any atom is 0.0615 e. The van der Waals surface area contributed by atoms with Gasteiger partial charge >= 0.3 is 0 Å². The first-order chi connectivity index (χ1) is 8.65. The molecule has 0 rings (SSSR count). The summed E-state index contributed by atoms with van der Waals surface area (Å²) in [5, 5.41) is 3.48. The van der Waals surface area contributed by atoms with Crippen molar-refractivity contribution in [3.8, 4) is 0 Å². The fraction of sp³-hybridized carbons (Fsp3) is 1.00. The van der Waals surface area contributed by atoms with E-state index in [-0.39, 0.29) is 0 Å². The van der Waals surface area contributed by atoms with Crippen molar-refractivity contribution in [2.24, 2.45) is 5.92 Å². The third kappa shape index (κ3) is 8.86. The smallest absolute Gasteiger partial charge is 0.0615 e. The predicted octanol–water partition coefficient (Wildman–Crippen LogP) is 1.61. The largest absolute Gasteiger partial charge is 0.383 e. The molecule has 0 spiro atoms. The molecule has 1 N–H and O–H groups in total. The van der Waals surface area contributed by atoms with Crippen LogP contribution in [0.1, 0.15) is 27.2 Å². The van der Waals surface area contributed by atoms with E-state index in [4.69, 9.17) is 9.47 Å². The minimum absolute atomic E-state index is 0.443. The number of nitrogens with one attached hydrogen (secondary N) is 1. The number of hydrogen-bond donors (Lipinski definition) is 1. The molecule has 0 aliphatic carbocycles. The van der Waals surface area contributed by atoms with Crippen LogP contribution >= 0.6 is 0 Å². The van der Waals surface area contributed by atoms with Gasteiger partial charge in [0.1, 0.15) is 0 Å². The minimum atomic E-state index is 0.443. The van der Waals surface area contributed by atoms with E-state index < -0.39 is 0 Å². The zero-order valence-electron chi connectivity index (χ0n) is 12.9. The van der Waals surface area contributed by atoms with Crippen LogP contribution in [0.4, 0.5) is 0 Å². The number of ether oxygens (including phenoxy) is 2. The molecule has 0 heterocycles. The Morgan fingerprint density at radius 2 is 1.89 bits per heavy atom. The van der Waals surface area contributed by atoms with Crippen LogP contribution in [0, 0.1) is 5.92 Å². The van der Waals surface area contributed by atoms with Crippen LogP contribution in [0.2, 0.25) is 0 Å². The van der Waals surface area contributed by atoms with E-state index in [1.54, 1.807) is 14.2 Å². The molecular weight excluding hydrogens is 228 g/mol. The Balaban J connectivity index is 4.03. The van der Waals surface area contributed by atoms with E-state index >= 15 is 0 Å². The second-order valence-corrected chi connectivity index (χ2v) is 5.10. The first-order valence-corrected chi connectivity index (χ1v) is 7.08. The van der Waals surface area contributed by atoms with Gasteiger partial charge in [-0.2, -0.15) is 0 Å². The number of rotatable bonds is 12. The molecule has 0 saturated carbocycles. The highest BCUT2D eigenvalue weighted by atomic mass is 16.5. The Morgan fingerprint density at radius 1 is 1.17 bits per heavy atom. The van der Waals surface area contributed by atoms with Gasteiger partial charge in [-0.15, -0.1) is 0 Å². The van der Waals surface area contributed by atoms with Crippen molar-refractivity contribution < 1.29 is 9.47 Å². The van der Waals surface area contributed by atoms with Gasteiger partial charge < -0.3 is 14.8 Å². The average Bonchev–Trinajstić information content (AvgIpc) is 2.35. The van der Waals surface area contributed by atoms with Crippen LogP contribution in [0.25, 0.3) is 0 Å². The topological polar surface area (TPSA) is 33.7 Å². The first kappa shape index (κ1) is 17.8. The summed E-state index contributed by atoms with van der Waals surface area (Å²) >= 11 is 0. The molecular formula is C14H32N2O2. The fourth-order valence-electron chi connectivity index (χ4n) is 2.04. The summed E-state index contributed by atoms with van der Waals surface area (Å²) in [5.74, 6) is 0.646. The molecule has 0 aromatic rings. The Hall–Kier alpha value is -0.160. The molecule has 0 aliphatic heterocycles. The molecule has 2 atom stereocenters. The van der Waals surface area contributed by atoms with Crippen molar-refractivity contribution >= 4 is 0 Å². The standard InChI is InChI=1S/C14H32N2O2/c1-6-7-15-10-13(2)11-16(8-9-17-4)14(3)12-18-5/h13-15H,6-12H2,1-5H3. The lowest BCUT2D eigenvalue weighted by Crippen LogP contribution is -2.42. The lowest BCUT2D eigenvalue weighted by Gasteiger charge is -2.31. The maximum atomic E-state index is 5.25. The lowest BCUT2D eigenvalue weighted by atomic mass is 10.1. The number of nitrogens with zero attached hydrogens (tertiary/aromatic N) is 1. The van der Waals surface area contributed by atoms with Crippen molar-refractivity contribution in [1.29, 1.82) is 0 Å². The molecule has 0 aliphatic rings. The molecule has 2 unspecified atom stereocenters. The van der Waals surface area contributed by atoms with Crippen LogP contribution < -0.4 is 5.32 Å². The molecule has 18 heavy (non-hydrogen) atoms. The molecule has 0 radical (unpaired) electrons. The zero-order chi connectivity index (χ0) is 13.8. The summed E-state index contributed by atoms with van der Waals surface area (Å²) in [4.78, 5) is 2.45. The van der Waals surface area contributed by atoms with Crippen LogP contribution in [0.15, 0.2) is 0 Å².